The summed E-state index contributed by atoms with van der Waals surface area (Å²) in [5.41, 5.74) is 1.33. The second-order valence-electron chi connectivity index (χ2n) is 3.71. The van der Waals surface area contributed by atoms with Gasteiger partial charge in [0.15, 0.2) is 5.13 Å². The van der Waals surface area contributed by atoms with Gasteiger partial charge in [-0.25, -0.2) is 14.8 Å². The minimum absolute atomic E-state index is 0.322. The largest absolute Gasteiger partial charge is 0.333 e. The molecule has 0 fully saturated rings. The Balaban J connectivity index is 1.90. The van der Waals surface area contributed by atoms with Gasteiger partial charge < -0.3 is 0 Å². The van der Waals surface area contributed by atoms with E-state index in [1.807, 2.05) is 0 Å². The fraction of sp³-hybridized carbons (Fsp3) is 0. The van der Waals surface area contributed by atoms with Crippen LogP contribution < -0.4 is 5.32 Å². The SMILES string of the molecule is N#Cc1ccc2nc(NC(=O)n3ccnc3)sc2c1. The summed E-state index contributed by atoms with van der Waals surface area (Å²) >= 11 is 1.32. The molecule has 0 aliphatic rings. The van der Waals surface area contributed by atoms with Crippen LogP contribution >= 0.6 is 11.3 Å². The molecular weight excluding hydrogens is 262 g/mol. The minimum Gasteiger partial charge on any atom is -0.283 e. The Kier molecular flexibility index (Phi) is 2.70. The second-order valence-corrected chi connectivity index (χ2v) is 4.74. The van der Waals surface area contributed by atoms with Crippen LogP contribution in [-0.2, 0) is 0 Å². The summed E-state index contributed by atoms with van der Waals surface area (Å²) in [5, 5.41) is 12.0. The van der Waals surface area contributed by atoms with E-state index in [0.29, 0.717) is 10.7 Å². The van der Waals surface area contributed by atoms with Gasteiger partial charge in [-0.15, -0.1) is 0 Å². The number of hydrogen-bond donors (Lipinski definition) is 1. The zero-order valence-electron chi connectivity index (χ0n) is 9.57. The van der Waals surface area contributed by atoms with Gasteiger partial charge in [-0.2, -0.15) is 5.26 Å². The Morgan fingerprint density at radius 1 is 1.47 bits per heavy atom. The number of rotatable bonds is 1. The first kappa shape index (κ1) is 11.4. The predicted molar refractivity (Wildman–Crippen MR) is 71.0 cm³/mol. The highest BCUT2D eigenvalue weighted by atomic mass is 32.1. The third kappa shape index (κ3) is 2.17. The molecule has 19 heavy (non-hydrogen) atoms. The zero-order valence-corrected chi connectivity index (χ0v) is 10.4. The van der Waals surface area contributed by atoms with Crippen molar-refractivity contribution in [3.05, 3.63) is 42.5 Å². The third-order valence-electron chi connectivity index (χ3n) is 2.47. The molecule has 0 aliphatic heterocycles. The van der Waals surface area contributed by atoms with Crippen molar-refractivity contribution in [2.75, 3.05) is 5.32 Å². The number of hydrogen-bond acceptors (Lipinski definition) is 5. The van der Waals surface area contributed by atoms with Crippen LogP contribution in [-0.4, -0.2) is 20.6 Å². The lowest BCUT2D eigenvalue weighted by Crippen LogP contribution is -2.17. The van der Waals surface area contributed by atoms with Gasteiger partial charge in [-0.3, -0.25) is 9.88 Å². The van der Waals surface area contributed by atoms with Gasteiger partial charge in [0.05, 0.1) is 21.8 Å². The number of aromatic nitrogens is 3. The summed E-state index contributed by atoms with van der Waals surface area (Å²) in [4.78, 5) is 19.9. The summed E-state index contributed by atoms with van der Waals surface area (Å²) in [6.07, 6.45) is 4.49. The lowest BCUT2D eigenvalue weighted by molar-refractivity contribution is 0.253. The summed E-state index contributed by atoms with van der Waals surface area (Å²) in [7, 11) is 0. The van der Waals surface area contributed by atoms with Crippen molar-refractivity contribution in [2.45, 2.75) is 0 Å². The number of carbonyl (C=O) groups excluding carboxylic acids is 1. The first-order valence-electron chi connectivity index (χ1n) is 5.36. The molecule has 7 heteroatoms. The number of amides is 1. The highest BCUT2D eigenvalue weighted by Crippen LogP contribution is 2.26. The Labute approximate surface area is 112 Å². The molecule has 92 valence electrons. The van der Waals surface area contributed by atoms with E-state index in [0.717, 1.165) is 10.2 Å². The standard InChI is InChI=1S/C12H7N5OS/c13-6-8-1-2-9-10(5-8)19-11(15-9)16-12(18)17-4-3-14-7-17/h1-5,7H,(H,15,16,18). The molecule has 2 heterocycles. The Bertz CT molecular complexity index is 784. The Hall–Kier alpha value is -2.72. The first-order valence-corrected chi connectivity index (χ1v) is 6.18. The molecule has 0 bridgehead atoms. The van der Waals surface area contributed by atoms with Crippen molar-refractivity contribution >= 4 is 32.7 Å². The number of thiazole rings is 1. The minimum atomic E-state index is -0.322. The van der Waals surface area contributed by atoms with Crippen molar-refractivity contribution < 1.29 is 4.79 Å². The van der Waals surface area contributed by atoms with E-state index in [2.05, 4.69) is 21.4 Å². The number of carbonyl (C=O) groups is 1. The van der Waals surface area contributed by atoms with E-state index in [4.69, 9.17) is 5.26 Å². The summed E-state index contributed by atoms with van der Waals surface area (Å²) in [6, 6.07) is 6.96. The topological polar surface area (TPSA) is 83.6 Å². The van der Waals surface area contributed by atoms with E-state index < -0.39 is 0 Å². The molecule has 3 aromatic rings. The monoisotopic (exact) mass is 269 g/mol. The van der Waals surface area contributed by atoms with Crippen LogP contribution in [0, 0.1) is 11.3 Å². The molecule has 3 rings (SSSR count). The number of nitriles is 1. The highest BCUT2D eigenvalue weighted by Gasteiger charge is 2.09. The summed E-state index contributed by atoms with van der Waals surface area (Å²) in [5.74, 6) is 0. The van der Waals surface area contributed by atoms with Crippen molar-refractivity contribution in [2.24, 2.45) is 0 Å². The van der Waals surface area contributed by atoms with E-state index in [1.54, 1.807) is 24.4 Å². The molecule has 6 nitrogen and oxygen atoms in total. The van der Waals surface area contributed by atoms with Gasteiger partial charge in [0.25, 0.3) is 0 Å². The summed E-state index contributed by atoms with van der Waals surface area (Å²) in [6.45, 7) is 0. The van der Waals surface area contributed by atoms with Crippen molar-refractivity contribution in [3.63, 3.8) is 0 Å². The van der Waals surface area contributed by atoms with Gasteiger partial charge >= 0.3 is 6.03 Å². The molecule has 0 saturated heterocycles. The van der Waals surface area contributed by atoms with Gasteiger partial charge in [-0.1, -0.05) is 11.3 Å². The van der Waals surface area contributed by atoms with Crippen LogP contribution in [0.2, 0.25) is 0 Å². The third-order valence-corrected chi connectivity index (χ3v) is 3.40. The molecule has 0 unspecified atom stereocenters. The fourth-order valence-corrected chi connectivity index (χ4v) is 2.48. The van der Waals surface area contributed by atoms with Gasteiger partial charge in [0.1, 0.15) is 6.33 Å². The number of benzene rings is 1. The average molecular weight is 269 g/mol. The van der Waals surface area contributed by atoms with Gasteiger partial charge in [0.2, 0.25) is 0 Å². The maximum Gasteiger partial charge on any atom is 0.333 e. The van der Waals surface area contributed by atoms with E-state index >= 15 is 0 Å². The maximum absolute atomic E-state index is 11.8. The normalized spacial score (nSPS) is 10.3. The van der Waals surface area contributed by atoms with Crippen molar-refractivity contribution in [1.29, 1.82) is 5.26 Å². The van der Waals surface area contributed by atoms with Gasteiger partial charge in [-0.05, 0) is 18.2 Å². The van der Waals surface area contributed by atoms with Crippen molar-refractivity contribution in [1.82, 2.24) is 14.5 Å². The van der Waals surface area contributed by atoms with Crippen molar-refractivity contribution in [3.8, 4) is 6.07 Å². The summed E-state index contributed by atoms with van der Waals surface area (Å²) < 4.78 is 2.19. The molecule has 1 amide bonds. The van der Waals surface area contributed by atoms with E-state index in [9.17, 15) is 4.79 Å². The second kappa shape index (κ2) is 4.51. The Morgan fingerprint density at radius 3 is 3.11 bits per heavy atom. The molecule has 2 aromatic heterocycles. The number of imidazole rings is 1. The smallest absolute Gasteiger partial charge is 0.283 e. The maximum atomic E-state index is 11.8. The molecule has 0 aliphatic carbocycles. The Morgan fingerprint density at radius 2 is 2.37 bits per heavy atom. The molecule has 0 spiro atoms. The van der Waals surface area contributed by atoms with Crippen LogP contribution in [0.3, 0.4) is 0 Å². The average Bonchev–Trinajstić information content (AvgIpc) is 3.06. The number of nitrogens with zero attached hydrogens (tertiary/aromatic N) is 4. The lowest BCUT2D eigenvalue weighted by Gasteiger charge is -1.99. The lowest BCUT2D eigenvalue weighted by atomic mass is 10.2. The van der Waals surface area contributed by atoms with Crippen LogP contribution in [0.4, 0.5) is 9.93 Å². The molecule has 0 radical (unpaired) electrons. The molecular formula is C12H7N5OS. The highest BCUT2D eigenvalue weighted by molar-refractivity contribution is 7.22. The first-order chi connectivity index (χ1) is 9.26. The number of nitrogens with one attached hydrogen (secondary N) is 1. The van der Waals surface area contributed by atoms with E-state index in [-0.39, 0.29) is 6.03 Å². The zero-order chi connectivity index (χ0) is 13.2. The molecule has 0 saturated carbocycles. The van der Waals surface area contributed by atoms with Gasteiger partial charge in [0, 0.05) is 12.4 Å². The predicted octanol–water partition coefficient (Wildman–Crippen LogP) is 2.44. The fourth-order valence-electron chi connectivity index (χ4n) is 1.58. The number of anilines is 1. The van der Waals surface area contributed by atoms with E-state index in [1.165, 1.54) is 28.4 Å². The number of fused-ring (bicyclic) bond motifs is 1. The van der Waals surface area contributed by atoms with Crippen LogP contribution in [0.5, 0.6) is 0 Å². The molecule has 1 aromatic carbocycles. The quantitative estimate of drug-likeness (QED) is 0.735. The van der Waals surface area contributed by atoms with Crippen LogP contribution in [0.15, 0.2) is 36.9 Å². The molecule has 1 N–H and O–H groups in total. The van der Waals surface area contributed by atoms with Crippen LogP contribution in [0.25, 0.3) is 10.2 Å². The van der Waals surface area contributed by atoms with Crippen LogP contribution in [0.1, 0.15) is 5.56 Å². The molecule has 0 atom stereocenters.